The summed E-state index contributed by atoms with van der Waals surface area (Å²) in [6.07, 6.45) is 3.68. The van der Waals surface area contributed by atoms with Gasteiger partial charge in [0, 0.05) is 12.4 Å². The molecular weight excluding hydrogens is 187 g/mol. The Morgan fingerprint density at radius 2 is 2.00 bits per heavy atom. The largest absolute Gasteiger partial charge is 1.00 e. The van der Waals surface area contributed by atoms with E-state index in [1.165, 1.54) is 0 Å². The van der Waals surface area contributed by atoms with Crippen molar-refractivity contribution in [1.82, 2.24) is 0 Å². The Bertz CT molecular complexity index is 154. The van der Waals surface area contributed by atoms with E-state index in [1.807, 2.05) is 0 Å². The maximum absolute atomic E-state index is 10.6. The van der Waals surface area contributed by atoms with Crippen molar-refractivity contribution in [2.24, 2.45) is 0 Å². The monoisotopic (exact) mass is 200 g/mol. The second-order valence-electron chi connectivity index (χ2n) is 2.86. The second kappa shape index (κ2) is 6.51. The molecule has 0 bridgehead atoms. The summed E-state index contributed by atoms with van der Waals surface area (Å²) in [5.74, 6) is 0. The molecule has 1 aliphatic carbocycles. The van der Waals surface area contributed by atoms with Gasteiger partial charge in [-0.05, 0) is 23.9 Å². The molecule has 0 spiro atoms. The molecule has 66 valence electrons. The minimum absolute atomic E-state index is 0. The van der Waals surface area contributed by atoms with Crippen LogP contribution in [0.5, 0.6) is 0 Å². The van der Waals surface area contributed by atoms with Crippen molar-refractivity contribution in [3.05, 3.63) is 0 Å². The average molecular weight is 200 g/mol. The van der Waals surface area contributed by atoms with Crippen LogP contribution in [0.2, 0.25) is 0 Å². The average Bonchev–Trinajstić information content (AvgIpc) is 2.04. The first-order valence-corrected chi connectivity index (χ1v) is 5.00. The van der Waals surface area contributed by atoms with Crippen LogP contribution in [0, 0.1) is 0 Å². The molecule has 0 N–H and O–H groups in total. The molecule has 1 unspecified atom stereocenters. The summed E-state index contributed by atoms with van der Waals surface area (Å²) in [5, 5.41) is -0.270. The number of hydrogen-bond acceptors (Lipinski definition) is 3. The molecule has 1 aliphatic rings. The van der Waals surface area contributed by atoms with Gasteiger partial charge in [-0.2, -0.15) is 0 Å². The number of methoxy groups -OCH3 is 1. The maximum atomic E-state index is 10.6. The predicted octanol–water partition coefficient (Wildman–Crippen LogP) is -2.17. The zero-order chi connectivity index (χ0) is 8.27. The first-order chi connectivity index (χ1) is 5.25. The Balaban J connectivity index is 0.00000121. The number of rotatable bonds is 2. The molecule has 0 heterocycles. The zero-order valence-electron chi connectivity index (χ0n) is 7.62. The standard InChI is InChI=1S/C7H14O3S.Na/c1-10-6-4-2-3-5-7(6)11(8)9;/h6-7H,2-5H2,1H3,(H,8,9);/q;+1/p-1/t6-,7+;/m0./s1. The van der Waals surface area contributed by atoms with Gasteiger partial charge in [0.1, 0.15) is 0 Å². The Morgan fingerprint density at radius 1 is 1.42 bits per heavy atom. The van der Waals surface area contributed by atoms with E-state index in [-0.39, 0.29) is 40.9 Å². The smallest absolute Gasteiger partial charge is 0.772 e. The Morgan fingerprint density at radius 3 is 2.42 bits per heavy atom. The molecule has 0 amide bonds. The van der Waals surface area contributed by atoms with E-state index < -0.39 is 11.1 Å². The molecule has 0 radical (unpaired) electrons. The topological polar surface area (TPSA) is 49.4 Å². The molecule has 0 aromatic carbocycles. The quantitative estimate of drug-likeness (QED) is 0.376. The fraction of sp³-hybridized carbons (Fsp3) is 1.00. The number of ether oxygens (including phenoxy) is 1. The molecule has 12 heavy (non-hydrogen) atoms. The van der Waals surface area contributed by atoms with Crippen LogP contribution >= 0.6 is 0 Å². The third kappa shape index (κ3) is 3.44. The SMILES string of the molecule is CO[C@H]1CCCC[C@H]1S(=O)[O-].[Na+]. The van der Waals surface area contributed by atoms with Crippen molar-refractivity contribution in [3.8, 4) is 0 Å². The molecule has 1 fully saturated rings. The minimum Gasteiger partial charge on any atom is -0.772 e. The Kier molecular flexibility index (Phi) is 7.09. The molecule has 1 rings (SSSR count). The Labute approximate surface area is 97.8 Å². The van der Waals surface area contributed by atoms with Crippen molar-refractivity contribution in [2.45, 2.75) is 37.0 Å². The first-order valence-electron chi connectivity index (χ1n) is 3.86. The van der Waals surface area contributed by atoms with Gasteiger partial charge in [0.2, 0.25) is 0 Å². The summed E-state index contributed by atoms with van der Waals surface area (Å²) in [6, 6.07) is 0. The van der Waals surface area contributed by atoms with Crippen LogP contribution in [-0.2, 0) is 15.8 Å². The van der Waals surface area contributed by atoms with E-state index in [9.17, 15) is 8.76 Å². The Hall–Kier alpha value is 1.07. The molecule has 3 nitrogen and oxygen atoms in total. The number of hydrogen-bond donors (Lipinski definition) is 0. The zero-order valence-corrected chi connectivity index (χ0v) is 10.4. The summed E-state index contributed by atoms with van der Waals surface area (Å²) >= 11 is -1.96. The van der Waals surface area contributed by atoms with Crippen LogP contribution < -0.4 is 29.6 Å². The molecule has 5 heteroatoms. The molecule has 3 atom stereocenters. The summed E-state index contributed by atoms with van der Waals surface area (Å²) < 4.78 is 26.4. The normalized spacial score (nSPS) is 32.2. The van der Waals surface area contributed by atoms with Crippen molar-refractivity contribution in [1.29, 1.82) is 0 Å². The van der Waals surface area contributed by atoms with Gasteiger partial charge in [-0.15, -0.1) is 0 Å². The van der Waals surface area contributed by atoms with E-state index in [1.54, 1.807) is 7.11 Å². The third-order valence-electron chi connectivity index (χ3n) is 2.19. The van der Waals surface area contributed by atoms with Crippen molar-refractivity contribution in [3.63, 3.8) is 0 Å². The molecule has 0 aromatic rings. The van der Waals surface area contributed by atoms with Crippen LogP contribution in [-0.4, -0.2) is 27.2 Å². The van der Waals surface area contributed by atoms with Gasteiger partial charge in [0.05, 0.1) is 6.10 Å². The fourth-order valence-corrected chi connectivity index (χ4v) is 2.41. The minimum atomic E-state index is -1.96. The van der Waals surface area contributed by atoms with Gasteiger partial charge in [-0.3, -0.25) is 4.21 Å². The first kappa shape index (κ1) is 13.1. The van der Waals surface area contributed by atoms with Crippen molar-refractivity contribution in [2.75, 3.05) is 7.11 Å². The molecular formula is C7H13NaO3S. The molecule has 0 saturated heterocycles. The summed E-state index contributed by atoms with van der Waals surface area (Å²) in [4.78, 5) is 0. The molecule has 0 aromatic heterocycles. The van der Waals surface area contributed by atoms with Gasteiger partial charge in [-0.25, -0.2) is 0 Å². The van der Waals surface area contributed by atoms with Crippen LogP contribution in [0.4, 0.5) is 0 Å². The third-order valence-corrected chi connectivity index (χ3v) is 3.23. The molecule has 1 saturated carbocycles. The van der Waals surface area contributed by atoms with Gasteiger partial charge < -0.3 is 9.29 Å². The van der Waals surface area contributed by atoms with Crippen molar-refractivity contribution < 1.29 is 43.1 Å². The van der Waals surface area contributed by atoms with Crippen LogP contribution in [0.25, 0.3) is 0 Å². The van der Waals surface area contributed by atoms with E-state index in [2.05, 4.69) is 0 Å². The van der Waals surface area contributed by atoms with Gasteiger partial charge >= 0.3 is 29.6 Å². The molecule has 0 aliphatic heterocycles. The van der Waals surface area contributed by atoms with Crippen LogP contribution in [0.15, 0.2) is 0 Å². The fourth-order valence-electron chi connectivity index (χ4n) is 1.55. The van der Waals surface area contributed by atoms with Gasteiger partial charge in [0.15, 0.2) is 0 Å². The van der Waals surface area contributed by atoms with Crippen LogP contribution in [0.3, 0.4) is 0 Å². The summed E-state index contributed by atoms with van der Waals surface area (Å²) in [7, 11) is 1.58. The predicted molar refractivity (Wildman–Crippen MR) is 42.0 cm³/mol. The van der Waals surface area contributed by atoms with E-state index in [4.69, 9.17) is 4.74 Å². The van der Waals surface area contributed by atoms with E-state index >= 15 is 0 Å². The van der Waals surface area contributed by atoms with Crippen molar-refractivity contribution >= 4 is 11.1 Å². The summed E-state index contributed by atoms with van der Waals surface area (Å²) in [5.41, 5.74) is 0. The van der Waals surface area contributed by atoms with Gasteiger partial charge in [-0.1, -0.05) is 12.8 Å². The summed E-state index contributed by atoms with van der Waals surface area (Å²) in [6.45, 7) is 0. The van der Waals surface area contributed by atoms with E-state index in [0.29, 0.717) is 0 Å². The maximum Gasteiger partial charge on any atom is 1.00 e. The second-order valence-corrected chi connectivity index (χ2v) is 3.98. The van der Waals surface area contributed by atoms with E-state index in [0.717, 1.165) is 25.7 Å². The van der Waals surface area contributed by atoms with Gasteiger partial charge in [0.25, 0.3) is 0 Å². The van der Waals surface area contributed by atoms with Crippen LogP contribution in [0.1, 0.15) is 25.7 Å².